The Bertz CT molecular complexity index is 1050. The smallest absolute Gasteiger partial charge is 0.314 e. The van der Waals surface area contributed by atoms with Crippen LogP contribution in [0.1, 0.15) is 24.4 Å². The molecule has 2 fully saturated rings. The van der Waals surface area contributed by atoms with E-state index in [1.54, 1.807) is 7.05 Å². The van der Waals surface area contributed by atoms with Crippen molar-refractivity contribution in [3.63, 3.8) is 0 Å². The maximum absolute atomic E-state index is 12.9. The van der Waals surface area contributed by atoms with Gasteiger partial charge in [-0.15, -0.1) is 0 Å². The minimum atomic E-state index is -0.682. The molecule has 2 amide bonds. The van der Waals surface area contributed by atoms with Crippen LogP contribution in [0.15, 0.2) is 23.0 Å². The number of piperidine rings is 1. The van der Waals surface area contributed by atoms with Gasteiger partial charge >= 0.3 is 5.69 Å². The molecule has 1 atom stereocenters. The number of aryl methyl sites for hydroxylation is 1. The van der Waals surface area contributed by atoms with Crippen molar-refractivity contribution in [2.45, 2.75) is 18.9 Å². The monoisotopic (exact) mass is 381 g/mol. The first-order chi connectivity index (χ1) is 13.6. The summed E-state index contributed by atoms with van der Waals surface area (Å²) in [5.74, 6) is 5.68. The van der Waals surface area contributed by atoms with Crippen LogP contribution in [0.4, 0.5) is 0 Å². The van der Waals surface area contributed by atoms with Gasteiger partial charge in [-0.3, -0.25) is 28.9 Å². The fourth-order valence-electron chi connectivity index (χ4n) is 3.88. The summed E-state index contributed by atoms with van der Waals surface area (Å²) in [6.07, 6.45) is 0.548. The fourth-order valence-corrected chi connectivity index (χ4v) is 3.88. The summed E-state index contributed by atoms with van der Waals surface area (Å²) in [6.45, 7) is 4.58. The van der Waals surface area contributed by atoms with E-state index in [1.807, 2.05) is 18.2 Å². The molecule has 8 nitrogen and oxygen atoms in total. The van der Waals surface area contributed by atoms with Crippen molar-refractivity contribution in [3.8, 4) is 11.8 Å². The zero-order valence-electron chi connectivity index (χ0n) is 15.8. The highest BCUT2D eigenvalue weighted by Gasteiger charge is 2.31. The third-order valence-electron chi connectivity index (χ3n) is 5.36. The van der Waals surface area contributed by atoms with Gasteiger partial charge in [-0.2, -0.15) is 0 Å². The van der Waals surface area contributed by atoms with Crippen molar-refractivity contribution in [1.29, 1.82) is 0 Å². The van der Waals surface area contributed by atoms with E-state index in [4.69, 9.17) is 0 Å². The predicted molar refractivity (Wildman–Crippen MR) is 105 cm³/mol. The normalized spacial score (nSPS) is 20.7. The number of hydrogen-bond acceptors (Lipinski definition) is 5. The molecule has 0 radical (unpaired) electrons. The summed E-state index contributed by atoms with van der Waals surface area (Å²) in [5, 5.41) is 5.65. The molecule has 2 aromatic rings. The number of benzene rings is 1. The van der Waals surface area contributed by atoms with Gasteiger partial charge < -0.3 is 5.32 Å². The van der Waals surface area contributed by atoms with Gasteiger partial charge in [0, 0.05) is 39.6 Å². The molecule has 2 saturated heterocycles. The van der Waals surface area contributed by atoms with Crippen LogP contribution in [0.2, 0.25) is 0 Å². The number of carbonyl (C=O) groups is 2. The van der Waals surface area contributed by atoms with Crippen molar-refractivity contribution in [2.24, 2.45) is 7.05 Å². The zero-order valence-corrected chi connectivity index (χ0v) is 15.8. The molecule has 4 rings (SSSR count). The van der Waals surface area contributed by atoms with Gasteiger partial charge in [0.25, 0.3) is 0 Å². The molecular weight excluding hydrogens is 358 g/mol. The van der Waals surface area contributed by atoms with Crippen LogP contribution in [0.3, 0.4) is 0 Å². The van der Waals surface area contributed by atoms with Crippen LogP contribution in [-0.4, -0.2) is 58.6 Å². The first-order valence-electron chi connectivity index (χ1n) is 9.52. The summed E-state index contributed by atoms with van der Waals surface area (Å²) in [6, 6.07) is 4.88. The molecule has 3 heterocycles. The van der Waals surface area contributed by atoms with E-state index in [-0.39, 0.29) is 18.0 Å². The quantitative estimate of drug-likeness (QED) is 0.545. The molecule has 1 aromatic carbocycles. The lowest BCUT2D eigenvalue weighted by Gasteiger charge is -2.24. The highest BCUT2D eigenvalue weighted by Crippen LogP contribution is 2.24. The first-order valence-corrected chi connectivity index (χ1v) is 9.52. The lowest BCUT2D eigenvalue weighted by atomic mass is 10.1. The molecule has 0 bridgehead atoms. The van der Waals surface area contributed by atoms with Crippen LogP contribution in [-0.2, 0) is 16.6 Å². The fraction of sp³-hybridized carbons (Fsp3) is 0.450. The van der Waals surface area contributed by atoms with E-state index in [2.05, 4.69) is 27.4 Å². The van der Waals surface area contributed by atoms with Gasteiger partial charge in [0.1, 0.15) is 6.04 Å². The van der Waals surface area contributed by atoms with Crippen molar-refractivity contribution >= 4 is 22.8 Å². The number of imide groups is 1. The molecule has 146 valence electrons. The Balaban J connectivity index is 1.70. The average molecular weight is 381 g/mol. The molecule has 2 aliphatic heterocycles. The van der Waals surface area contributed by atoms with E-state index in [0.29, 0.717) is 24.0 Å². The summed E-state index contributed by atoms with van der Waals surface area (Å²) in [5.41, 5.74) is 1.86. The second-order valence-electron chi connectivity index (χ2n) is 7.18. The largest absolute Gasteiger partial charge is 0.329 e. The van der Waals surface area contributed by atoms with Gasteiger partial charge in [0.2, 0.25) is 11.8 Å². The highest BCUT2D eigenvalue weighted by molar-refractivity contribution is 6.00. The molecule has 28 heavy (non-hydrogen) atoms. The molecular formula is C20H23N5O3. The SMILES string of the molecule is Cn1c(=O)n(C2CCC(=O)NC2=O)c2cccc(C#CCN3CCNCC3)c21. The Morgan fingerprint density at radius 3 is 2.71 bits per heavy atom. The van der Waals surface area contributed by atoms with Crippen LogP contribution in [0.25, 0.3) is 11.0 Å². The second-order valence-corrected chi connectivity index (χ2v) is 7.18. The lowest BCUT2D eigenvalue weighted by molar-refractivity contribution is -0.135. The standard InChI is InChI=1S/C20H23N5O3/c1-23-18-14(5-3-11-24-12-9-21-10-13-24)4-2-6-15(18)25(20(23)28)16-7-8-17(26)22-19(16)27/h2,4,6,16,21H,7-13H2,1H3,(H,22,26,27). The predicted octanol–water partition coefficient (Wildman–Crippen LogP) is -0.426. The van der Waals surface area contributed by atoms with Gasteiger partial charge in [-0.05, 0) is 18.6 Å². The highest BCUT2D eigenvalue weighted by atomic mass is 16.2. The minimum absolute atomic E-state index is 0.226. The van der Waals surface area contributed by atoms with Gasteiger partial charge in [0.05, 0.1) is 23.1 Å². The lowest BCUT2D eigenvalue weighted by Crippen LogP contribution is -2.44. The van der Waals surface area contributed by atoms with E-state index in [1.165, 1.54) is 9.13 Å². The number of amides is 2. The van der Waals surface area contributed by atoms with Gasteiger partial charge in [-0.25, -0.2) is 4.79 Å². The second kappa shape index (κ2) is 7.62. The number of carbonyl (C=O) groups excluding carboxylic acids is 2. The Morgan fingerprint density at radius 1 is 1.18 bits per heavy atom. The molecule has 8 heteroatoms. The summed E-state index contributed by atoms with van der Waals surface area (Å²) >= 11 is 0. The summed E-state index contributed by atoms with van der Waals surface area (Å²) in [7, 11) is 1.69. The molecule has 0 aliphatic carbocycles. The topological polar surface area (TPSA) is 88.4 Å². The molecule has 2 aliphatic rings. The maximum atomic E-state index is 12.9. The van der Waals surface area contributed by atoms with Crippen molar-refractivity contribution in [2.75, 3.05) is 32.7 Å². The van der Waals surface area contributed by atoms with Crippen LogP contribution in [0, 0.1) is 11.8 Å². The van der Waals surface area contributed by atoms with E-state index >= 15 is 0 Å². The Morgan fingerprint density at radius 2 is 1.96 bits per heavy atom. The van der Waals surface area contributed by atoms with Crippen LogP contribution < -0.4 is 16.3 Å². The summed E-state index contributed by atoms with van der Waals surface area (Å²) in [4.78, 5) is 38.9. The minimum Gasteiger partial charge on any atom is -0.314 e. The molecule has 2 N–H and O–H groups in total. The number of nitrogens with one attached hydrogen (secondary N) is 2. The number of fused-ring (bicyclic) bond motifs is 1. The number of piperazine rings is 1. The van der Waals surface area contributed by atoms with Gasteiger partial charge in [0.15, 0.2) is 0 Å². The number of nitrogens with zero attached hydrogens (tertiary/aromatic N) is 3. The van der Waals surface area contributed by atoms with E-state index in [0.717, 1.165) is 31.7 Å². The Labute approximate surface area is 162 Å². The van der Waals surface area contributed by atoms with E-state index in [9.17, 15) is 14.4 Å². The molecule has 0 saturated carbocycles. The third-order valence-corrected chi connectivity index (χ3v) is 5.36. The molecule has 1 aromatic heterocycles. The van der Waals surface area contributed by atoms with Crippen molar-refractivity contribution in [1.82, 2.24) is 24.7 Å². The average Bonchev–Trinajstić information content (AvgIpc) is 2.94. The maximum Gasteiger partial charge on any atom is 0.329 e. The van der Waals surface area contributed by atoms with Crippen molar-refractivity contribution in [3.05, 3.63) is 34.2 Å². The first kappa shape index (κ1) is 18.5. The number of imidazole rings is 1. The number of para-hydroxylation sites is 1. The number of aromatic nitrogens is 2. The van der Waals surface area contributed by atoms with E-state index < -0.39 is 11.9 Å². The molecule has 1 unspecified atom stereocenters. The molecule has 0 spiro atoms. The number of rotatable bonds is 2. The third kappa shape index (κ3) is 3.35. The Kier molecular flexibility index (Phi) is 5.03. The van der Waals surface area contributed by atoms with Gasteiger partial charge in [-0.1, -0.05) is 17.9 Å². The zero-order chi connectivity index (χ0) is 19.7. The Hall–Kier alpha value is -2.89. The van der Waals surface area contributed by atoms with Crippen LogP contribution in [0.5, 0.6) is 0 Å². The number of hydrogen-bond donors (Lipinski definition) is 2. The van der Waals surface area contributed by atoms with Crippen LogP contribution >= 0.6 is 0 Å². The summed E-state index contributed by atoms with van der Waals surface area (Å²) < 4.78 is 3.02. The van der Waals surface area contributed by atoms with Crippen molar-refractivity contribution < 1.29 is 9.59 Å².